The second-order valence-corrected chi connectivity index (χ2v) is 9.91. The van der Waals surface area contributed by atoms with Gasteiger partial charge in [0.05, 0.1) is 0 Å². The van der Waals surface area contributed by atoms with Crippen LogP contribution in [0.5, 0.6) is 0 Å². The third-order valence-corrected chi connectivity index (χ3v) is 7.54. The molecule has 0 bridgehead atoms. The molecule has 2 aromatic rings. The summed E-state index contributed by atoms with van der Waals surface area (Å²) in [6, 6.07) is 6.49. The molecule has 1 aromatic carbocycles. The Hall–Kier alpha value is -1.59. The minimum Gasteiger partial charge on any atom is -0.325 e. The van der Waals surface area contributed by atoms with Crippen molar-refractivity contribution in [2.45, 2.75) is 78.1 Å². The van der Waals surface area contributed by atoms with Crippen molar-refractivity contribution in [3.05, 3.63) is 29.1 Å². The zero-order valence-corrected chi connectivity index (χ0v) is 20.6. The normalized spacial score (nSPS) is 15.5. The number of nitrogens with one attached hydrogen (secondary N) is 1. The summed E-state index contributed by atoms with van der Waals surface area (Å²) in [6.45, 7) is 12.0. The average molecular weight is 444 g/mol. The fourth-order valence-corrected chi connectivity index (χ4v) is 5.53. The predicted molar refractivity (Wildman–Crippen MR) is 136 cm³/mol. The van der Waals surface area contributed by atoms with Crippen molar-refractivity contribution < 1.29 is 4.79 Å². The number of carbonyl (C=O) groups excluding carboxylic acids is 1. The highest BCUT2D eigenvalue weighted by atomic mass is 32.1. The maximum Gasteiger partial charge on any atom is 0.321 e. The zero-order chi connectivity index (χ0) is 22.1. The van der Waals surface area contributed by atoms with Crippen LogP contribution in [0.2, 0.25) is 0 Å². The lowest BCUT2D eigenvalue weighted by Gasteiger charge is -2.32. The largest absolute Gasteiger partial charge is 0.325 e. The molecule has 1 aliphatic rings. The molecule has 5 heteroatoms. The monoisotopic (exact) mass is 443 g/mol. The number of amides is 2. The SMILES string of the molecule is CCCCN1CCC(c2csc3ccc(NC(=O)N(CCCC)CCCC)cc23)CC1. The van der Waals surface area contributed by atoms with E-state index in [9.17, 15) is 4.79 Å². The highest BCUT2D eigenvalue weighted by Gasteiger charge is 2.23. The molecular weight excluding hydrogens is 402 g/mol. The van der Waals surface area contributed by atoms with Crippen molar-refractivity contribution in [2.75, 3.05) is 38.0 Å². The Balaban J connectivity index is 1.67. The molecule has 0 unspecified atom stereocenters. The van der Waals surface area contributed by atoms with Gasteiger partial charge in [0.1, 0.15) is 0 Å². The van der Waals surface area contributed by atoms with E-state index in [1.165, 1.54) is 61.0 Å². The predicted octanol–water partition coefficient (Wildman–Crippen LogP) is 7.31. The van der Waals surface area contributed by atoms with Gasteiger partial charge in [-0.1, -0.05) is 40.0 Å². The lowest BCUT2D eigenvalue weighted by Crippen LogP contribution is -2.36. The molecule has 31 heavy (non-hydrogen) atoms. The minimum absolute atomic E-state index is 0.0438. The summed E-state index contributed by atoms with van der Waals surface area (Å²) in [5.41, 5.74) is 2.41. The number of piperidine rings is 1. The van der Waals surface area contributed by atoms with Crippen molar-refractivity contribution in [3.63, 3.8) is 0 Å². The quantitative estimate of drug-likeness (QED) is 0.395. The first kappa shape index (κ1) is 24.1. The maximum atomic E-state index is 12.9. The molecule has 1 N–H and O–H groups in total. The van der Waals surface area contributed by atoms with Crippen LogP contribution in [0.3, 0.4) is 0 Å². The van der Waals surface area contributed by atoms with Gasteiger partial charge in [-0.05, 0) is 92.2 Å². The Labute approximate surface area is 193 Å². The standard InChI is InChI=1S/C26H41N3OS/c1-4-7-14-28-17-12-21(13-18-28)24-20-31-25-11-10-22(19-23(24)25)27-26(30)29(15-8-5-2)16-9-6-3/h10-11,19-21H,4-9,12-18H2,1-3H3,(H,27,30). The first-order chi connectivity index (χ1) is 15.2. The number of hydrogen-bond acceptors (Lipinski definition) is 3. The van der Waals surface area contributed by atoms with E-state index >= 15 is 0 Å². The molecule has 0 saturated carbocycles. The Morgan fingerprint density at radius 1 is 1.06 bits per heavy atom. The van der Waals surface area contributed by atoms with E-state index in [-0.39, 0.29) is 6.03 Å². The zero-order valence-electron chi connectivity index (χ0n) is 19.8. The molecule has 2 heterocycles. The summed E-state index contributed by atoms with van der Waals surface area (Å²) in [6.07, 6.45) is 9.40. The van der Waals surface area contributed by atoms with Crippen molar-refractivity contribution in [1.82, 2.24) is 9.80 Å². The molecule has 3 rings (SSSR count). The summed E-state index contributed by atoms with van der Waals surface area (Å²) in [7, 11) is 0. The fraction of sp³-hybridized carbons (Fsp3) is 0.654. The number of carbonyl (C=O) groups is 1. The second kappa shape index (κ2) is 12.4. The molecule has 1 aliphatic heterocycles. The van der Waals surface area contributed by atoms with Gasteiger partial charge >= 0.3 is 6.03 Å². The van der Waals surface area contributed by atoms with Crippen LogP contribution in [0.15, 0.2) is 23.6 Å². The molecule has 1 saturated heterocycles. The van der Waals surface area contributed by atoms with Gasteiger partial charge in [0.15, 0.2) is 0 Å². The Bertz CT molecular complexity index is 802. The van der Waals surface area contributed by atoms with E-state index in [1.54, 1.807) is 0 Å². The van der Waals surface area contributed by atoms with Crippen molar-refractivity contribution in [1.29, 1.82) is 0 Å². The number of benzene rings is 1. The number of hydrogen-bond donors (Lipinski definition) is 1. The van der Waals surface area contributed by atoms with Gasteiger partial charge in [-0.3, -0.25) is 0 Å². The summed E-state index contributed by atoms with van der Waals surface area (Å²) < 4.78 is 1.33. The van der Waals surface area contributed by atoms with Gasteiger partial charge in [0, 0.05) is 23.5 Å². The highest BCUT2D eigenvalue weighted by molar-refractivity contribution is 7.17. The minimum atomic E-state index is 0.0438. The number of rotatable bonds is 11. The van der Waals surface area contributed by atoms with E-state index < -0.39 is 0 Å². The summed E-state index contributed by atoms with van der Waals surface area (Å²) in [4.78, 5) is 17.5. The van der Waals surface area contributed by atoms with Gasteiger partial charge in [-0.2, -0.15) is 0 Å². The molecule has 4 nitrogen and oxygen atoms in total. The molecule has 1 fully saturated rings. The van der Waals surface area contributed by atoms with E-state index in [0.29, 0.717) is 5.92 Å². The molecule has 172 valence electrons. The van der Waals surface area contributed by atoms with Crippen molar-refractivity contribution in [3.8, 4) is 0 Å². The van der Waals surface area contributed by atoms with Gasteiger partial charge in [-0.25, -0.2) is 4.79 Å². The number of anilines is 1. The van der Waals surface area contributed by atoms with Crippen LogP contribution >= 0.6 is 11.3 Å². The Kier molecular flexibility index (Phi) is 9.66. The smallest absolute Gasteiger partial charge is 0.321 e. The number of fused-ring (bicyclic) bond motifs is 1. The second-order valence-electron chi connectivity index (χ2n) is 9.00. The topological polar surface area (TPSA) is 35.6 Å². The van der Waals surface area contributed by atoms with Crippen LogP contribution in [-0.4, -0.2) is 48.6 Å². The lowest BCUT2D eigenvalue weighted by molar-refractivity contribution is 0.210. The molecule has 0 radical (unpaired) electrons. The molecule has 0 aliphatic carbocycles. The lowest BCUT2D eigenvalue weighted by atomic mass is 9.89. The van der Waals surface area contributed by atoms with Crippen molar-refractivity contribution in [2.24, 2.45) is 0 Å². The first-order valence-corrected chi connectivity index (χ1v) is 13.3. The highest BCUT2D eigenvalue weighted by Crippen LogP contribution is 2.38. The number of likely N-dealkylation sites (tertiary alicyclic amines) is 1. The van der Waals surface area contributed by atoms with Gasteiger partial charge in [0.25, 0.3) is 0 Å². The van der Waals surface area contributed by atoms with E-state index in [1.807, 2.05) is 16.2 Å². The molecule has 0 spiro atoms. The van der Waals surface area contributed by atoms with Crippen LogP contribution in [0.25, 0.3) is 10.1 Å². The Morgan fingerprint density at radius 2 is 1.74 bits per heavy atom. The maximum absolute atomic E-state index is 12.9. The van der Waals surface area contributed by atoms with Gasteiger partial charge in [-0.15, -0.1) is 11.3 Å². The molecule has 0 atom stereocenters. The molecular formula is C26H41N3OS. The van der Waals surface area contributed by atoms with E-state index in [0.717, 1.165) is 44.5 Å². The summed E-state index contributed by atoms with van der Waals surface area (Å²) in [5, 5.41) is 6.88. The average Bonchev–Trinajstić information content (AvgIpc) is 3.21. The van der Waals surface area contributed by atoms with E-state index in [4.69, 9.17) is 0 Å². The number of urea groups is 1. The van der Waals surface area contributed by atoms with Crippen LogP contribution in [0.1, 0.15) is 83.6 Å². The number of thiophene rings is 1. The first-order valence-electron chi connectivity index (χ1n) is 12.5. The summed E-state index contributed by atoms with van der Waals surface area (Å²) in [5.74, 6) is 0.642. The van der Waals surface area contributed by atoms with Crippen LogP contribution in [-0.2, 0) is 0 Å². The van der Waals surface area contributed by atoms with Crippen LogP contribution < -0.4 is 5.32 Å². The molecule has 2 amide bonds. The van der Waals surface area contributed by atoms with Crippen LogP contribution in [0.4, 0.5) is 10.5 Å². The number of unbranched alkanes of at least 4 members (excludes halogenated alkanes) is 3. The van der Waals surface area contributed by atoms with E-state index in [2.05, 4.69) is 54.6 Å². The third kappa shape index (κ3) is 6.69. The van der Waals surface area contributed by atoms with Gasteiger partial charge < -0.3 is 15.1 Å². The van der Waals surface area contributed by atoms with Crippen LogP contribution in [0, 0.1) is 0 Å². The van der Waals surface area contributed by atoms with Crippen molar-refractivity contribution >= 4 is 33.1 Å². The Morgan fingerprint density at radius 3 is 2.39 bits per heavy atom. The number of nitrogens with zero attached hydrogens (tertiary/aromatic N) is 2. The summed E-state index contributed by atoms with van der Waals surface area (Å²) >= 11 is 1.84. The molecule has 1 aromatic heterocycles. The van der Waals surface area contributed by atoms with Gasteiger partial charge in [0.2, 0.25) is 0 Å². The fourth-order valence-electron chi connectivity index (χ4n) is 4.51. The third-order valence-electron chi connectivity index (χ3n) is 6.56.